The first-order valence-electron chi connectivity index (χ1n) is 7.40. The highest BCUT2D eigenvalue weighted by molar-refractivity contribution is 7.90. The second-order valence-corrected chi connectivity index (χ2v) is 8.17. The monoisotopic (exact) mass is 397 g/mol. The number of rotatable bonds is 6. The number of benzene rings is 2. The summed E-state index contributed by atoms with van der Waals surface area (Å²) in [7, 11) is -3.36. The lowest BCUT2D eigenvalue weighted by Gasteiger charge is -2.19. The van der Waals surface area contributed by atoms with Crippen molar-refractivity contribution in [3.05, 3.63) is 69.2 Å². The molecule has 0 bridgehead atoms. The van der Waals surface area contributed by atoms with Gasteiger partial charge >= 0.3 is 6.03 Å². The molecule has 8 nitrogen and oxygen atoms in total. The van der Waals surface area contributed by atoms with Crippen LogP contribution in [0.15, 0.2) is 48.5 Å². The highest BCUT2D eigenvalue weighted by Crippen LogP contribution is 2.26. The predicted molar refractivity (Wildman–Crippen MR) is 99.2 cm³/mol. The number of nitro benzene ring substituents is 1. The maximum atomic E-state index is 12.2. The van der Waals surface area contributed by atoms with E-state index in [1.807, 2.05) is 0 Å². The van der Waals surface area contributed by atoms with Gasteiger partial charge in [-0.3, -0.25) is 10.1 Å². The third-order valence-electron chi connectivity index (χ3n) is 3.39. The summed E-state index contributed by atoms with van der Waals surface area (Å²) in [6, 6.07) is 10.8. The largest absolute Gasteiger partial charge is 0.330 e. The lowest BCUT2D eigenvalue weighted by molar-refractivity contribution is -0.384. The number of carbonyl (C=O) groups is 1. The summed E-state index contributed by atoms with van der Waals surface area (Å²) in [6.07, 6.45) is 1.08. The Kier molecular flexibility index (Phi) is 6.17. The summed E-state index contributed by atoms with van der Waals surface area (Å²) in [4.78, 5) is 22.4. The first kappa shape index (κ1) is 19.7. The fraction of sp³-hybridized carbons (Fsp3) is 0.188. The lowest BCUT2D eigenvalue weighted by Crippen LogP contribution is -2.36. The van der Waals surface area contributed by atoms with Gasteiger partial charge in [-0.15, -0.1) is 0 Å². The highest BCUT2D eigenvalue weighted by atomic mass is 35.5. The molecule has 2 amide bonds. The van der Waals surface area contributed by atoms with Crippen LogP contribution in [-0.4, -0.2) is 31.4 Å². The number of carbonyl (C=O) groups excluding carboxylic acids is 1. The molecule has 2 aromatic rings. The molecular formula is C16H16ClN3O5S. The van der Waals surface area contributed by atoms with E-state index >= 15 is 0 Å². The van der Waals surface area contributed by atoms with Gasteiger partial charge in [0.1, 0.15) is 9.84 Å². The van der Waals surface area contributed by atoms with Crippen molar-refractivity contribution >= 4 is 38.8 Å². The number of nitrogens with zero attached hydrogens (tertiary/aromatic N) is 1. The van der Waals surface area contributed by atoms with Crippen molar-refractivity contribution in [2.24, 2.45) is 0 Å². The minimum absolute atomic E-state index is 0.00581. The van der Waals surface area contributed by atoms with Crippen LogP contribution >= 0.6 is 11.6 Å². The molecule has 0 saturated heterocycles. The van der Waals surface area contributed by atoms with E-state index in [9.17, 15) is 23.3 Å². The van der Waals surface area contributed by atoms with E-state index in [1.165, 1.54) is 12.1 Å². The zero-order chi connectivity index (χ0) is 19.3. The minimum atomic E-state index is -3.36. The fourth-order valence-corrected chi connectivity index (χ4v) is 3.35. The van der Waals surface area contributed by atoms with Crippen LogP contribution < -0.4 is 10.6 Å². The normalized spacial score (nSPS) is 12.2. The molecule has 0 heterocycles. The van der Waals surface area contributed by atoms with Crippen LogP contribution in [-0.2, 0) is 9.84 Å². The van der Waals surface area contributed by atoms with Gasteiger partial charge < -0.3 is 10.6 Å². The zero-order valence-electron chi connectivity index (χ0n) is 13.7. The van der Waals surface area contributed by atoms with Gasteiger partial charge in [0, 0.05) is 18.4 Å². The molecule has 0 radical (unpaired) electrons. The molecule has 0 fully saturated rings. The van der Waals surface area contributed by atoms with Crippen LogP contribution in [0.25, 0.3) is 0 Å². The Labute approximate surface area is 155 Å². The molecule has 0 aromatic heterocycles. The number of non-ortho nitro benzene ring substituents is 1. The van der Waals surface area contributed by atoms with E-state index in [2.05, 4.69) is 10.6 Å². The van der Waals surface area contributed by atoms with Crippen LogP contribution in [0.5, 0.6) is 0 Å². The van der Waals surface area contributed by atoms with Gasteiger partial charge in [0.2, 0.25) is 0 Å². The Bertz CT molecular complexity index is 919. The van der Waals surface area contributed by atoms with Crippen molar-refractivity contribution in [3.63, 3.8) is 0 Å². The van der Waals surface area contributed by atoms with Crippen molar-refractivity contribution in [2.75, 3.05) is 17.3 Å². The molecule has 0 aliphatic rings. The summed E-state index contributed by atoms with van der Waals surface area (Å²) in [6.45, 7) is 0. The third kappa shape index (κ3) is 5.71. The average Bonchev–Trinajstić information content (AvgIpc) is 2.55. The molecule has 1 atom stereocenters. The standard InChI is InChI=1S/C16H16ClN3O5S/c1-26(24,25)10-15(11-5-3-2-4-6-11)19-16(21)18-14-8-7-12(20(22)23)9-13(14)17/h2-9,15H,10H2,1H3,(H2,18,19,21). The molecular weight excluding hydrogens is 382 g/mol. The van der Waals surface area contributed by atoms with Crippen LogP contribution in [0.3, 0.4) is 0 Å². The number of anilines is 1. The van der Waals surface area contributed by atoms with E-state index in [0.717, 1.165) is 12.3 Å². The van der Waals surface area contributed by atoms with Gasteiger partial charge in [-0.1, -0.05) is 41.9 Å². The maximum Gasteiger partial charge on any atom is 0.319 e. The van der Waals surface area contributed by atoms with E-state index < -0.39 is 26.8 Å². The number of hydrogen-bond acceptors (Lipinski definition) is 5. The van der Waals surface area contributed by atoms with E-state index in [4.69, 9.17) is 11.6 Å². The Morgan fingerprint density at radius 1 is 1.23 bits per heavy atom. The molecule has 0 aliphatic carbocycles. The quantitative estimate of drug-likeness (QED) is 0.573. The molecule has 138 valence electrons. The van der Waals surface area contributed by atoms with Gasteiger partial charge in [-0.25, -0.2) is 13.2 Å². The van der Waals surface area contributed by atoms with Crippen LogP contribution in [0.4, 0.5) is 16.2 Å². The van der Waals surface area contributed by atoms with Crippen LogP contribution in [0.2, 0.25) is 5.02 Å². The molecule has 26 heavy (non-hydrogen) atoms. The number of halogens is 1. The van der Waals surface area contributed by atoms with E-state index in [0.29, 0.717) is 5.56 Å². The molecule has 1 unspecified atom stereocenters. The maximum absolute atomic E-state index is 12.2. The van der Waals surface area contributed by atoms with Gasteiger partial charge in [-0.05, 0) is 11.6 Å². The molecule has 0 saturated carbocycles. The summed E-state index contributed by atoms with van der Waals surface area (Å²) < 4.78 is 23.3. The molecule has 0 aliphatic heterocycles. The molecule has 0 spiro atoms. The molecule has 2 N–H and O–H groups in total. The highest BCUT2D eigenvalue weighted by Gasteiger charge is 2.20. The average molecular weight is 398 g/mol. The minimum Gasteiger partial charge on any atom is -0.330 e. The Hall–Kier alpha value is -2.65. The SMILES string of the molecule is CS(=O)(=O)CC(NC(=O)Nc1ccc([N+](=O)[O-])cc1Cl)c1ccccc1. The van der Waals surface area contributed by atoms with E-state index in [-0.39, 0.29) is 22.2 Å². The van der Waals surface area contributed by atoms with Gasteiger partial charge in [-0.2, -0.15) is 0 Å². The first-order valence-corrected chi connectivity index (χ1v) is 9.83. The van der Waals surface area contributed by atoms with Gasteiger partial charge in [0.05, 0.1) is 27.4 Å². The van der Waals surface area contributed by atoms with Gasteiger partial charge in [0.25, 0.3) is 5.69 Å². The summed E-state index contributed by atoms with van der Waals surface area (Å²) in [5.74, 6) is -0.279. The number of hydrogen-bond donors (Lipinski definition) is 2. The smallest absolute Gasteiger partial charge is 0.319 e. The van der Waals surface area contributed by atoms with Crippen molar-refractivity contribution < 1.29 is 18.1 Å². The third-order valence-corrected chi connectivity index (χ3v) is 4.64. The van der Waals surface area contributed by atoms with Crippen LogP contribution in [0, 0.1) is 10.1 Å². The second kappa shape index (κ2) is 8.15. The van der Waals surface area contributed by atoms with Crippen molar-refractivity contribution in [3.8, 4) is 0 Å². The number of amides is 2. The molecule has 2 aromatic carbocycles. The Morgan fingerprint density at radius 3 is 2.42 bits per heavy atom. The van der Waals surface area contributed by atoms with Crippen molar-refractivity contribution in [1.82, 2.24) is 5.32 Å². The fourth-order valence-electron chi connectivity index (χ4n) is 2.24. The Morgan fingerprint density at radius 2 is 1.88 bits per heavy atom. The summed E-state index contributed by atoms with van der Waals surface area (Å²) in [5, 5.41) is 15.8. The summed E-state index contributed by atoms with van der Waals surface area (Å²) >= 11 is 5.93. The van der Waals surface area contributed by atoms with Crippen molar-refractivity contribution in [1.29, 1.82) is 0 Å². The number of urea groups is 1. The number of nitro groups is 1. The van der Waals surface area contributed by atoms with E-state index in [1.54, 1.807) is 30.3 Å². The zero-order valence-corrected chi connectivity index (χ0v) is 15.3. The topological polar surface area (TPSA) is 118 Å². The van der Waals surface area contributed by atoms with Crippen molar-refractivity contribution in [2.45, 2.75) is 6.04 Å². The summed E-state index contributed by atoms with van der Waals surface area (Å²) in [5.41, 5.74) is 0.587. The lowest BCUT2D eigenvalue weighted by atomic mass is 10.1. The predicted octanol–water partition coefficient (Wildman–Crippen LogP) is 3.16. The second-order valence-electron chi connectivity index (χ2n) is 5.58. The number of sulfone groups is 1. The number of nitrogens with one attached hydrogen (secondary N) is 2. The molecule has 2 rings (SSSR count). The molecule has 10 heteroatoms. The van der Waals surface area contributed by atoms with Gasteiger partial charge in [0.15, 0.2) is 0 Å². The first-order chi connectivity index (χ1) is 12.2. The van der Waals surface area contributed by atoms with Crippen LogP contribution in [0.1, 0.15) is 11.6 Å². The Balaban J connectivity index is 2.16.